The summed E-state index contributed by atoms with van der Waals surface area (Å²) in [6.45, 7) is 4.56. The number of morpholine rings is 1. The topological polar surface area (TPSA) is 54.5 Å². The van der Waals surface area contributed by atoms with Crippen molar-refractivity contribution >= 4 is 17.2 Å². The van der Waals surface area contributed by atoms with Gasteiger partial charge in [-0.1, -0.05) is 37.5 Å². The number of aromatic nitrogens is 1. The first-order chi connectivity index (χ1) is 13.8. The van der Waals surface area contributed by atoms with Crippen molar-refractivity contribution in [3.05, 3.63) is 40.9 Å². The maximum Gasteiger partial charge on any atom is 0.226 e. The number of carbonyl (C=O) groups excluding carboxylic acids is 1. The standard InChI is InChI=1S/C22H29N3O2S/c26-21(23-19-7-2-1-3-8-19)14-20-16-28-22(24-20)18-6-4-5-17(13-18)15-25-9-11-27-12-10-25/h4-6,13,16,19H,1-3,7-12,14-15H2,(H,23,26). The molecule has 1 aromatic carbocycles. The van der Waals surface area contributed by atoms with Gasteiger partial charge in [-0.2, -0.15) is 0 Å². The van der Waals surface area contributed by atoms with Gasteiger partial charge in [-0.05, 0) is 24.5 Å². The van der Waals surface area contributed by atoms with Crippen LogP contribution in [0.15, 0.2) is 29.6 Å². The van der Waals surface area contributed by atoms with Crippen LogP contribution in [0.2, 0.25) is 0 Å². The van der Waals surface area contributed by atoms with Gasteiger partial charge in [0.1, 0.15) is 5.01 Å². The summed E-state index contributed by atoms with van der Waals surface area (Å²) < 4.78 is 5.43. The molecule has 150 valence electrons. The Morgan fingerprint density at radius 3 is 2.86 bits per heavy atom. The van der Waals surface area contributed by atoms with Gasteiger partial charge in [-0.15, -0.1) is 11.3 Å². The van der Waals surface area contributed by atoms with E-state index in [-0.39, 0.29) is 5.91 Å². The first kappa shape index (κ1) is 19.6. The van der Waals surface area contributed by atoms with Crippen LogP contribution >= 0.6 is 11.3 Å². The fourth-order valence-corrected chi connectivity index (χ4v) is 4.85. The predicted octanol–water partition coefficient (Wildman–Crippen LogP) is 3.63. The van der Waals surface area contributed by atoms with Crippen molar-refractivity contribution in [2.75, 3.05) is 26.3 Å². The largest absolute Gasteiger partial charge is 0.379 e. The van der Waals surface area contributed by atoms with Gasteiger partial charge in [-0.25, -0.2) is 4.98 Å². The third-order valence-corrected chi connectivity index (χ3v) is 6.49. The van der Waals surface area contributed by atoms with E-state index in [4.69, 9.17) is 9.72 Å². The summed E-state index contributed by atoms with van der Waals surface area (Å²) in [7, 11) is 0. The number of hydrogen-bond acceptors (Lipinski definition) is 5. The molecule has 1 aliphatic heterocycles. The zero-order valence-corrected chi connectivity index (χ0v) is 17.2. The summed E-state index contributed by atoms with van der Waals surface area (Å²) in [6, 6.07) is 8.96. The van der Waals surface area contributed by atoms with Crippen LogP contribution in [-0.4, -0.2) is 48.1 Å². The van der Waals surface area contributed by atoms with Crippen LogP contribution in [0.5, 0.6) is 0 Å². The molecule has 1 saturated carbocycles. The van der Waals surface area contributed by atoms with Crippen molar-refractivity contribution in [3.63, 3.8) is 0 Å². The summed E-state index contributed by atoms with van der Waals surface area (Å²) >= 11 is 1.62. The Hall–Kier alpha value is -1.76. The number of carbonyl (C=O) groups is 1. The molecular weight excluding hydrogens is 370 g/mol. The van der Waals surface area contributed by atoms with Crippen molar-refractivity contribution in [3.8, 4) is 10.6 Å². The molecule has 1 aromatic heterocycles. The number of thiazole rings is 1. The van der Waals surface area contributed by atoms with Crippen LogP contribution in [0, 0.1) is 0 Å². The molecular formula is C22H29N3O2S. The first-order valence-electron chi connectivity index (χ1n) is 10.4. The number of ether oxygens (including phenoxy) is 1. The molecule has 0 atom stereocenters. The second kappa shape index (κ2) is 9.63. The Labute approximate surface area is 171 Å². The minimum Gasteiger partial charge on any atom is -0.379 e. The Balaban J connectivity index is 1.35. The second-order valence-electron chi connectivity index (χ2n) is 7.81. The van der Waals surface area contributed by atoms with Gasteiger partial charge in [0.2, 0.25) is 5.91 Å². The average molecular weight is 400 g/mol. The van der Waals surface area contributed by atoms with Crippen LogP contribution in [0.25, 0.3) is 10.6 Å². The van der Waals surface area contributed by atoms with Crippen molar-refractivity contribution < 1.29 is 9.53 Å². The fourth-order valence-electron chi connectivity index (χ4n) is 4.03. The predicted molar refractivity (Wildman–Crippen MR) is 112 cm³/mol. The Morgan fingerprint density at radius 2 is 2.04 bits per heavy atom. The zero-order chi connectivity index (χ0) is 19.2. The molecule has 2 fully saturated rings. The van der Waals surface area contributed by atoms with E-state index in [0.29, 0.717) is 12.5 Å². The van der Waals surface area contributed by atoms with Crippen LogP contribution in [0.3, 0.4) is 0 Å². The average Bonchev–Trinajstić information content (AvgIpc) is 3.18. The molecule has 1 saturated heterocycles. The van der Waals surface area contributed by atoms with Gasteiger partial charge in [0.05, 0.1) is 25.3 Å². The number of nitrogens with zero attached hydrogens (tertiary/aromatic N) is 2. The molecule has 2 aliphatic rings. The maximum absolute atomic E-state index is 12.3. The summed E-state index contributed by atoms with van der Waals surface area (Å²) in [5, 5.41) is 6.19. The molecule has 28 heavy (non-hydrogen) atoms. The molecule has 0 bridgehead atoms. The minimum atomic E-state index is 0.102. The molecule has 2 heterocycles. The first-order valence-corrected chi connectivity index (χ1v) is 11.3. The molecule has 1 amide bonds. The van der Waals surface area contributed by atoms with Gasteiger partial charge < -0.3 is 10.1 Å². The van der Waals surface area contributed by atoms with E-state index in [0.717, 1.165) is 62.0 Å². The third kappa shape index (κ3) is 5.40. The van der Waals surface area contributed by atoms with Gasteiger partial charge in [0, 0.05) is 36.6 Å². The molecule has 5 nitrogen and oxygen atoms in total. The van der Waals surface area contributed by atoms with Crippen molar-refractivity contribution in [2.24, 2.45) is 0 Å². The molecule has 0 spiro atoms. The Bertz CT molecular complexity index is 780. The molecule has 6 heteroatoms. The van der Waals surface area contributed by atoms with E-state index >= 15 is 0 Å². The van der Waals surface area contributed by atoms with Gasteiger partial charge in [0.25, 0.3) is 0 Å². The lowest BCUT2D eigenvalue weighted by Crippen LogP contribution is -2.37. The van der Waals surface area contributed by atoms with Crippen LogP contribution in [0.4, 0.5) is 0 Å². The number of hydrogen-bond donors (Lipinski definition) is 1. The van der Waals surface area contributed by atoms with E-state index in [9.17, 15) is 4.79 Å². The lowest BCUT2D eigenvalue weighted by atomic mass is 9.95. The number of nitrogens with one attached hydrogen (secondary N) is 1. The van der Waals surface area contributed by atoms with E-state index in [1.165, 1.54) is 24.8 Å². The zero-order valence-electron chi connectivity index (χ0n) is 16.4. The molecule has 2 aromatic rings. The lowest BCUT2D eigenvalue weighted by molar-refractivity contribution is -0.121. The van der Waals surface area contributed by atoms with Crippen molar-refractivity contribution in [1.82, 2.24) is 15.2 Å². The van der Waals surface area contributed by atoms with Crippen molar-refractivity contribution in [1.29, 1.82) is 0 Å². The third-order valence-electron chi connectivity index (χ3n) is 5.55. The highest BCUT2D eigenvalue weighted by Gasteiger charge is 2.17. The SMILES string of the molecule is O=C(Cc1csc(-c2cccc(CN3CCOCC3)c2)n1)NC1CCCCC1. The highest BCUT2D eigenvalue weighted by atomic mass is 32.1. The minimum absolute atomic E-state index is 0.102. The van der Waals surface area contributed by atoms with Crippen LogP contribution < -0.4 is 5.32 Å². The quantitative estimate of drug-likeness (QED) is 0.806. The number of benzene rings is 1. The van der Waals surface area contributed by atoms with Crippen molar-refractivity contribution in [2.45, 2.75) is 51.1 Å². The van der Waals surface area contributed by atoms with Gasteiger partial charge >= 0.3 is 0 Å². The molecule has 1 N–H and O–H groups in total. The maximum atomic E-state index is 12.3. The van der Waals surface area contributed by atoms with E-state index in [1.54, 1.807) is 11.3 Å². The lowest BCUT2D eigenvalue weighted by Gasteiger charge is -2.26. The fraction of sp³-hybridized carbons (Fsp3) is 0.545. The number of rotatable bonds is 6. The molecule has 4 rings (SSSR count). The summed E-state index contributed by atoms with van der Waals surface area (Å²) in [5.74, 6) is 0.102. The monoisotopic (exact) mass is 399 g/mol. The summed E-state index contributed by atoms with van der Waals surface area (Å²) in [4.78, 5) is 19.5. The Morgan fingerprint density at radius 1 is 1.21 bits per heavy atom. The normalized spacial score (nSPS) is 18.9. The van der Waals surface area contributed by atoms with Crippen LogP contribution in [-0.2, 0) is 22.5 Å². The second-order valence-corrected chi connectivity index (χ2v) is 8.67. The number of amides is 1. The van der Waals surface area contributed by atoms with Gasteiger partial charge in [-0.3, -0.25) is 9.69 Å². The van der Waals surface area contributed by atoms with Gasteiger partial charge in [0.15, 0.2) is 0 Å². The highest BCUT2D eigenvalue weighted by molar-refractivity contribution is 7.13. The van der Waals surface area contributed by atoms with E-state index < -0.39 is 0 Å². The molecule has 0 radical (unpaired) electrons. The molecule has 0 unspecified atom stereocenters. The summed E-state index contributed by atoms with van der Waals surface area (Å²) in [5.41, 5.74) is 3.30. The highest BCUT2D eigenvalue weighted by Crippen LogP contribution is 2.25. The van der Waals surface area contributed by atoms with Crippen LogP contribution in [0.1, 0.15) is 43.4 Å². The molecule has 1 aliphatic carbocycles. The van der Waals surface area contributed by atoms with E-state index in [2.05, 4.69) is 34.5 Å². The smallest absolute Gasteiger partial charge is 0.226 e. The Kier molecular flexibility index (Phi) is 6.73. The summed E-state index contributed by atoms with van der Waals surface area (Å²) in [6.07, 6.45) is 6.36. The van der Waals surface area contributed by atoms with E-state index in [1.807, 2.05) is 5.38 Å².